The van der Waals surface area contributed by atoms with Crippen LogP contribution >= 0.6 is 0 Å². The Bertz CT molecular complexity index is 987. The van der Waals surface area contributed by atoms with Crippen molar-refractivity contribution in [3.05, 3.63) is 40.4 Å². The maximum absolute atomic E-state index is 11.9. The highest BCUT2D eigenvalue weighted by atomic mass is 16.6. The van der Waals surface area contributed by atoms with Crippen molar-refractivity contribution in [1.82, 2.24) is 20.3 Å². The summed E-state index contributed by atoms with van der Waals surface area (Å²) in [4.78, 5) is 26.1. The number of nitrogens with zero attached hydrogens (tertiary/aromatic N) is 4. The van der Waals surface area contributed by atoms with E-state index in [4.69, 9.17) is 9.26 Å². The summed E-state index contributed by atoms with van der Waals surface area (Å²) in [5, 5.41) is 23.2. The van der Waals surface area contributed by atoms with Gasteiger partial charge in [-0.3, -0.25) is 5.32 Å². The van der Waals surface area contributed by atoms with Gasteiger partial charge in [0.15, 0.2) is 5.69 Å². The zero-order valence-corrected chi connectivity index (χ0v) is 14.7. The maximum Gasteiger partial charge on any atom is 0.412 e. The summed E-state index contributed by atoms with van der Waals surface area (Å²) >= 11 is 0. The lowest BCUT2D eigenvalue weighted by Crippen LogP contribution is -2.27. The van der Waals surface area contributed by atoms with Gasteiger partial charge in [0.1, 0.15) is 5.60 Å². The van der Waals surface area contributed by atoms with Crippen LogP contribution in [0.15, 0.2) is 34.9 Å². The molecule has 0 spiro atoms. The van der Waals surface area contributed by atoms with Crippen molar-refractivity contribution >= 4 is 17.6 Å². The van der Waals surface area contributed by atoms with E-state index in [2.05, 4.69) is 25.7 Å². The normalized spacial score (nSPS) is 11.2. The van der Waals surface area contributed by atoms with E-state index in [0.29, 0.717) is 11.3 Å². The lowest BCUT2D eigenvalue weighted by molar-refractivity contribution is -0.389. The lowest BCUT2D eigenvalue weighted by Gasteiger charge is -2.19. The molecule has 0 aliphatic carbocycles. The van der Waals surface area contributed by atoms with E-state index in [1.54, 1.807) is 45.0 Å². The Morgan fingerprint density at radius 2 is 2.11 bits per heavy atom. The Hall–Kier alpha value is -3.76. The minimum Gasteiger partial charge on any atom is -0.444 e. The summed E-state index contributed by atoms with van der Waals surface area (Å²) in [6.45, 7) is 5.30. The highest BCUT2D eigenvalue weighted by molar-refractivity contribution is 5.85. The predicted octanol–water partition coefficient (Wildman–Crippen LogP) is 3.38. The quantitative estimate of drug-likeness (QED) is 0.523. The first-order valence-corrected chi connectivity index (χ1v) is 7.85. The van der Waals surface area contributed by atoms with Gasteiger partial charge in [0.2, 0.25) is 5.82 Å². The molecule has 2 heterocycles. The molecule has 0 atom stereocenters. The van der Waals surface area contributed by atoms with Crippen molar-refractivity contribution < 1.29 is 19.0 Å². The third-order valence-corrected chi connectivity index (χ3v) is 3.17. The Morgan fingerprint density at radius 3 is 2.78 bits per heavy atom. The Balaban J connectivity index is 1.78. The van der Waals surface area contributed by atoms with Crippen molar-refractivity contribution in [2.45, 2.75) is 26.4 Å². The van der Waals surface area contributed by atoms with Crippen LogP contribution in [-0.4, -0.2) is 37.0 Å². The molecule has 0 saturated carbocycles. The van der Waals surface area contributed by atoms with Crippen LogP contribution in [0.5, 0.6) is 0 Å². The number of nitro groups is 1. The molecular weight excluding hydrogens is 356 g/mol. The van der Waals surface area contributed by atoms with Crippen LogP contribution in [0, 0.1) is 10.1 Å². The van der Waals surface area contributed by atoms with Crippen LogP contribution in [0.25, 0.3) is 23.0 Å². The van der Waals surface area contributed by atoms with Gasteiger partial charge < -0.3 is 19.4 Å². The third kappa shape index (κ3) is 4.45. The standard InChI is InChI=1S/C16H16N6O5/c1-16(2,3)26-15(23)17-10-6-4-5-9(7-10)13-18-14(27-21-13)11-8-12(20-19-11)22(24)25/h4-8H,1-3H3,(H,17,23)(H,19,20). The van der Waals surface area contributed by atoms with Crippen molar-refractivity contribution in [1.29, 1.82) is 0 Å². The summed E-state index contributed by atoms with van der Waals surface area (Å²) in [5.74, 6) is -0.0170. The number of nitrogens with one attached hydrogen (secondary N) is 2. The highest BCUT2D eigenvalue weighted by Crippen LogP contribution is 2.25. The highest BCUT2D eigenvalue weighted by Gasteiger charge is 2.19. The molecule has 0 unspecified atom stereocenters. The monoisotopic (exact) mass is 372 g/mol. The molecule has 0 radical (unpaired) electrons. The largest absolute Gasteiger partial charge is 0.444 e. The van der Waals surface area contributed by atoms with Gasteiger partial charge in [-0.05, 0) is 37.8 Å². The van der Waals surface area contributed by atoms with Crippen LogP contribution in [-0.2, 0) is 4.74 Å². The zero-order valence-electron chi connectivity index (χ0n) is 14.7. The van der Waals surface area contributed by atoms with E-state index in [9.17, 15) is 14.9 Å². The van der Waals surface area contributed by atoms with Gasteiger partial charge in [0.25, 0.3) is 5.89 Å². The van der Waals surface area contributed by atoms with E-state index in [-0.39, 0.29) is 23.2 Å². The topological polar surface area (TPSA) is 149 Å². The fourth-order valence-electron chi connectivity index (χ4n) is 2.12. The molecule has 2 aromatic heterocycles. The number of aromatic nitrogens is 4. The number of carbonyl (C=O) groups is 1. The van der Waals surface area contributed by atoms with Crippen LogP contribution in [0.2, 0.25) is 0 Å². The molecule has 1 amide bonds. The van der Waals surface area contributed by atoms with Crippen molar-refractivity contribution in [3.8, 4) is 23.0 Å². The molecule has 0 saturated heterocycles. The minimum absolute atomic E-state index is 0.0276. The van der Waals surface area contributed by atoms with E-state index < -0.39 is 16.6 Å². The molecule has 0 fully saturated rings. The summed E-state index contributed by atoms with van der Waals surface area (Å²) in [5.41, 5.74) is 0.603. The van der Waals surface area contributed by atoms with Crippen LogP contribution in [0.1, 0.15) is 20.8 Å². The molecular formula is C16H16N6O5. The van der Waals surface area contributed by atoms with Crippen LogP contribution < -0.4 is 5.32 Å². The number of amides is 1. The van der Waals surface area contributed by atoms with E-state index in [1.807, 2.05) is 0 Å². The molecule has 3 aromatic rings. The number of H-pyrrole nitrogens is 1. The van der Waals surface area contributed by atoms with Gasteiger partial charge in [0.05, 0.1) is 6.07 Å². The van der Waals surface area contributed by atoms with Gasteiger partial charge in [-0.2, -0.15) is 4.98 Å². The average molecular weight is 372 g/mol. The van der Waals surface area contributed by atoms with Crippen molar-refractivity contribution in [2.75, 3.05) is 5.32 Å². The van der Waals surface area contributed by atoms with Crippen LogP contribution in [0.4, 0.5) is 16.3 Å². The number of carbonyl (C=O) groups excluding carboxylic acids is 1. The Labute approximate surface area is 152 Å². The summed E-state index contributed by atoms with van der Waals surface area (Å²) < 4.78 is 10.3. The number of benzene rings is 1. The zero-order chi connectivity index (χ0) is 19.6. The maximum atomic E-state index is 11.9. The number of hydrogen-bond donors (Lipinski definition) is 2. The first kappa shape index (κ1) is 18.0. The molecule has 2 N–H and O–H groups in total. The molecule has 3 rings (SSSR count). The first-order valence-electron chi connectivity index (χ1n) is 7.85. The van der Waals surface area contributed by atoms with Gasteiger partial charge in [-0.15, -0.1) is 5.10 Å². The first-order chi connectivity index (χ1) is 12.7. The number of hydrogen-bond acceptors (Lipinski definition) is 8. The van der Waals surface area contributed by atoms with E-state index in [1.165, 1.54) is 6.07 Å². The SMILES string of the molecule is CC(C)(C)OC(=O)Nc1cccc(-c2noc(-c3cc([N+](=O)[O-])[nH]n3)n2)c1. The molecule has 0 bridgehead atoms. The smallest absolute Gasteiger partial charge is 0.412 e. The van der Waals surface area contributed by atoms with Gasteiger partial charge >= 0.3 is 11.9 Å². The second kappa shape index (κ2) is 6.86. The number of anilines is 1. The van der Waals surface area contributed by atoms with E-state index >= 15 is 0 Å². The summed E-state index contributed by atoms with van der Waals surface area (Å²) in [7, 11) is 0. The third-order valence-electron chi connectivity index (χ3n) is 3.17. The fourth-order valence-corrected chi connectivity index (χ4v) is 2.12. The van der Waals surface area contributed by atoms with Crippen molar-refractivity contribution in [3.63, 3.8) is 0 Å². The van der Waals surface area contributed by atoms with Gasteiger partial charge in [-0.1, -0.05) is 22.4 Å². The minimum atomic E-state index is -0.615. The van der Waals surface area contributed by atoms with Gasteiger partial charge in [-0.25, -0.2) is 4.79 Å². The molecule has 11 heteroatoms. The Morgan fingerprint density at radius 1 is 1.33 bits per heavy atom. The molecule has 0 aliphatic rings. The predicted molar refractivity (Wildman–Crippen MR) is 93.8 cm³/mol. The molecule has 0 aliphatic heterocycles. The number of aromatic amines is 1. The summed E-state index contributed by atoms with van der Waals surface area (Å²) in [6.07, 6.45) is -0.586. The number of rotatable bonds is 4. The Kier molecular flexibility index (Phi) is 4.59. The molecule has 11 nitrogen and oxygen atoms in total. The lowest BCUT2D eigenvalue weighted by atomic mass is 10.2. The average Bonchev–Trinajstić information content (AvgIpc) is 3.22. The van der Waals surface area contributed by atoms with E-state index in [0.717, 1.165) is 0 Å². The van der Waals surface area contributed by atoms with Crippen molar-refractivity contribution in [2.24, 2.45) is 0 Å². The molecule has 1 aromatic carbocycles. The number of ether oxygens (including phenoxy) is 1. The van der Waals surface area contributed by atoms with Gasteiger partial charge in [0, 0.05) is 11.3 Å². The molecule has 140 valence electrons. The van der Waals surface area contributed by atoms with Crippen LogP contribution in [0.3, 0.4) is 0 Å². The molecule has 27 heavy (non-hydrogen) atoms. The fraction of sp³-hybridized carbons (Fsp3) is 0.250. The summed E-state index contributed by atoms with van der Waals surface area (Å²) in [6, 6.07) is 7.95. The second-order valence-corrected chi connectivity index (χ2v) is 6.53. The second-order valence-electron chi connectivity index (χ2n) is 6.53.